The van der Waals surface area contributed by atoms with Gasteiger partial charge in [0, 0.05) is 11.4 Å². The van der Waals surface area contributed by atoms with E-state index in [9.17, 15) is 9.59 Å². The van der Waals surface area contributed by atoms with E-state index in [0.29, 0.717) is 23.7 Å². The molecule has 176 valence electrons. The summed E-state index contributed by atoms with van der Waals surface area (Å²) in [6.07, 6.45) is 1.31. The van der Waals surface area contributed by atoms with Gasteiger partial charge in [0.1, 0.15) is 0 Å². The van der Waals surface area contributed by atoms with Crippen molar-refractivity contribution in [3.63, 3.8) is 0 Å². The first-order valence-corrected chi connectivity index (χ1v) is 11.9. The zero-order chi connectivity index (χ0) is 24.5. The molecule has 6 heteroatoms. The minimum atomic E-state index is -0.337. The minimum absolute atomic E-state index is 0.104. The lowest BCUT2D eigenvalue weighted by molar-refractivity contribution is -0.120. The van der Waals surface area contributed by atoms with Gasteiger partial charge in [-0.15, -0.1) is 0 Å². The van der Waals surface area contributed by atoms with Crippen LogP contribution < -0.4 is 16.0 Å². The molecule has 3 aromatic carbocycles. The Bertz CT molecular complexity index is 1130. The minimum Gasteiger partial charge on any atom is -0.332 e. The van der Waals surface area contributed by atoms with Crippen LogP contribution in [0, 0.1) is 5.92 Å². The molecule has 0 aliphatic heterocycles. The predicted octanol–water partition coefficient (Wildman–Crippen LogP) is 5.68. The second-order valence-corrected chi connectivity index (χ2v) is 9.20. The van der Waals surface area contributed by atoms with Gasteiger partial charge in [-0.05, 0) is 66.4 Å². The maximum Gasteiger partial charge on any atom is 0.233 e. The summed E-state index contributed by atoms with van der Waals surface area (Å²) in [6.45, 7) is 6.23. The molecule has 0 bridgehead atoms. The van der Waals surface area contributed by atoms with Crippen molar-refractivity contribution < 1.29 is 9.59 Å². The van der Waals surface area contributed by atoms with Crippen LogP contribution in [0.3, 0.4) is 0 Å². The third-order valence-electron chi connectivity index (χ3n) is 5.37. The highest BCUT2D eigenvalue weighted by molar-refractivity contribution is 7.80. The molecule has 0 heterocycles. The molecule has 0 spiro atoms. The van der Waals surface area contributed by atoms with E-state index >= 15 is 0 Å². The molecule has 3 N–H and O–H groups in total. The molecular formula is C28H31N3O2S. The number of hydrogen-bond donors (Lipinski definition) is 3. The summed E-state index contributed by atoms with van der Waals surface area (Å²) in [7, 11) is 0. The Morgan fingerprint density at radius 2 is 1.44 bits per heavy atom. The van der Waals surface area contributed by atoms with Gasteiger partial charge in [-0.25, -0.2) is 0 Å². The Morgan fingerprint density at radius 3 is 2.09 bits per heavy atom. The number of nitrogens with one attached hydrogen (secondary N) is 3. The van der Waals surface area contributed by atoms with Crippen molar-refractivity contribution in [2.45, 2.75) is 39.5 Å². The molecule has 3 rings (SSSR count). The number of hydrogen-bond acceptors (Lipinski definition) is 3. The summed E-state index contributed by atoms with van der Waals surface area (Å²) in [5.41, 5.74) is 4.47. The first kappa shape index (κ1) is 25.1. The standard InChI is InChI=1S/C28H31N3O2S/c1-19(2)16-22-12-14-23(15-13-22)20(3)27(33)31-28(34)30-25-11-7-10-24(18-25)29-26(32)17-21-8-5-4-6-9-21/h4-15,18-20H,16-17H2,1-3H3,(H,29,32)(H2,30,31,33,34). The zero-order valence-electron chi connectivity index (χ0n) is 19.8. The zero-order valence-corrected chi connectivity index (χ0v) is 20.6. The van der Waals surface area contributed by atoms with Crippen LogP contribution in [0.25, 0.3) is 0 Å². The van der Waals surface area contributed by atoms with Crippen molar-refractivity contribution in [1.29, 1.82) is 0 Å². The van der Waals surface area contributed by atoms with Crippen LogP contribution in [0.5, 0.6) is 0 Å². The molecule has 3 aromatic rings. The lowest BCUT2D eigenvalue weighted by Gasteiger charge is -2.15. The fourth-order valence-electron chi connectivity index (χ4n) is 3.61. The lowest BCUT2D eigenvalue weighted by Crippen LogP contribution is -2.36. The second-order valence-electron chi connectivity index (χ2n) is 8.80. The number of carbonyl (C=O) groups excluding carboxylic acids is 2. The van der Waals surface area contributed by atoms with Crippen LogP contribution in [0.1, 0.15) is 43.4 Å². The first-order valence-electron chi connectivity index (χ1n) is 11.4. The van der Waals surface area contributed by atoms with Crippen molar-refractivity contribution in [3.05, 3.63) is 95.6 Å². The van der Waals surface area contributed by atoms with Gasteiger partial charge >= 0.3 is 0 Å². The van der Waals surface area contributed by atoms with Crippen LogP contribution in [0.2, 0.25) is 0 Å². The van der Waals surface area contributed by atoms with Crippen molar-refractivity contribution in [2.24, 2.45) is 5.92 Å². The summed E-state index contributed by atoms with van der Waals surface area (Å²) >= 11 is 5.34. The Balaban J connectivity index is 1.53. The number of anilines is 2. The molecule has 0 aromatic heterocycles. The maximum absolute atomic E-state index is 12.7. The van der Waals surface area contributed by atoms with E-state index < -0.39 is 0 Å². The van der Waals surface area contributed by atoms with Gasteiger partial charge in [-0.1, -0.05) is 74.5 Å². The fraction of sp³-hybridized carbons (Fsp3) is 0.250. The maximum atomic E-state index is 12.7. The van der Waals surface area contributed by atoms with Gasteiger partial charge in [-0.2, -0.15) is 0 Å². The fourth-order valence-corrected chi connectivity index (χ4v) is 3.83. The largest absolute Gasteiger partial charge is 0.332 e. The molecule has 0 fully saturated rings. The van der Waals surface area contributed by atoms with Gasteiger partial charge in [0.2, 0.25) is 11.8 Å². The van der Waals surface area contributed by atoms with E-state index in [0.717, 1.165) is 17.5 Å². The number of thiocarbonyl (C=S) groups is 1. The molecule has 1 unspecified atom stereocenters. The SMILES string of the molecule is CC(C)Cc1ccc(C(C)C(=O)NC(=S)Nc2cccc(NC(=O)Cc3ccccc3)c2)cc1. The Labute approximate surface area is 207 Å². The summed E-state index contributed by atoms with van der Waals surface area (Å²) in [5, 5.41) is 8.88. The summed E-state index contributed by atoms with van der Waals surface area (Å²) in [4.78, 5) is 25.0. The van der Waals surface area contributed by atoms with Crippen molar-refractivity contribution in [3.8, 4) is 0 Å². The number of amides is 2. The Morgan fingerprint density at radius 1 is 0.794 bits per heavy atom. The van der Waals surface area contributed by atoms with Crippen molar-refractivity contribution in [2.75, 3.05) is 10.6 Å². The van der Waals surface area contributed by atoms with Gasteiger partial charge in [-0.3, -0.25) is 9.59 Å². The van der Waals surface area contributed by atoms with Crippen LogP contribution >= 0.6 is 12.2 Å². The molecule has 34 heavy (non-hydrogen) atoms. The van der Waals surface area contributed by atoms with Gasteiger partial charge in [0.25, 0.3) is 0 Å². The van der Waals surface area contributed by atoms with Crippen LogP contribution in [0.15, 0.2) is 78.9 Å². The second kappa shape index (κ2) is 12.1. The average molecular weight is 474 g/mol. The monoisotopic (exact) mass is 473 g/mol. The molecule has 0 aliphatic rings. The first-order chi connectivity index (χ1) is 16.3. The van der Waals surface area contributed by atoms with Crippen LogP contribution in [-0.2, 0) is 22.4 Å². The molecule has 0 radical (unpaired) electrons. The van der Waals surface area contributed by atoms with E-state index in [4.69, 9.17) is 12.2 Å². The molecule has 2 amide bonds. The lowest BCUT2D eigenvalue weighted by atomic mass is 9.96. The van der Waals surface area contributed by atoms with Crippen LogP contribution in [0.4, 0.5) is 11.4 Å². The van der Waals surface area contributed by atoms with Crippen molar-refractivity contribution >= 4 is 40.5 Å². The van der Waals surface area contributed by atoms with Gasteiger partial charge in [0.15, 0.2) is 5.11 Å². The van der Waals surface area contributed by atoms with E-state index in [1.54, 1.807) is 12.1 Å². The molecule has 0 aliphatic carbocycles. The summed E-state index contributed by atoms with van der Waals surface area (Å²) < 4.78 is 0. The molecule has 5 nitrogen and oxygen atoms in total. The van der Waals surface area contributed by atoms with Crippen LogP contribution in [-0.4, -0.2) is 16.9 Å². The number of rotatable bonds is 8. The smallest absolute Gasteiger partial charge is 0.233 e. The van der Waals surface area contributed by atoms with Gasteiger partial charge in [0.05, 0.1) is 12.3 Å². The van der Waals surface area contributed by atoms with E-state index in [-0.39, 0.29) is 22.8 Å². The summed E-state index contributed by atoms with van der Waals surface area (Å²) in [5.74, 6) is -0.0314. The summed E-state index contributed by atoms with van der Waals surface area (Å²) in [6, 6.07) is 24.9. The highest BCUT2D eigenvalue weighted by Gasteiger charge is 2.16. The third kappa shape index (κ3) is 7.81. The highest BCUT2D eigenvalue weighted by Crippen LogP contribution is 2.19. The molecule has 0 saturated heterocycles. The number of benzene rings is 3. The van der Waals surface area contributed by atoms with Crippen molar-refractivity contribution in [1.82, 2.24) is 5.32 Å². The predicted molar refractivity (Wildman–Crippen MR) is 143 cm³/mol. The molecule has 1 atom stereocenters. The van der Waals surface area contributed by atoms with E-state index in [1.807, 2.05) is 61.5 Å². The molecule has 0 saturated carbocycles. The normalized spacial score (nSPS) is 11.5. The van der Waals surface area contributed by atoms with Gasteiger partial charge < -0.3 is 16.0 Å². The number of carbonyl (C=O) groups is 2. The molecular weight excluding hydrogens is 442 g/mol. The van der Waals surface area contributed by atoms with E-state index in [1.165, 1.54) is 5.56 Å². The Hall–Kier alpha value is -3.51. The Kier molecular flexibility index (Phi) is 8.93. The topological polar surface area (TPSA) is 70.2 Å². The van der Waals surface area contributed by atoms with E-state index in [2.05, 4.69) is 41.9 Å². The average Bonchev–Trinajstić information content (AvgIpc) is 2.79. The highest BCUT2D eigenvalue weighted by atomic mass is 32.1. The quantitative estimate of drug-likeness (QED) is 0.368. The third-order valence-corrected chi connectivity index (χ3v) is 5.57.